The molecule has 268 valence electrons. The molecule has 2 aliphatic rings. The summed E-state index contributed by atoms with van der Waals surface area (Å²) >= 11 is 14.3. The number of methoxy groups -OCH3 is 1. The molecule has 3 aromatic heterocycles. The van der Waals surface area contributed by atoms with Gasteiger partial charge in [0.1, 0.15) is 5.65 Å². The molecule has 2 saturated heterocycles. The van der Waals surface area contributed by atoms with Gasteiger partial charge in [-0.2, -0.15) is 0 Å². The van der Waals surface area contributed by atoms with Crippen molar-refractivity contribution in [1.82, 2.24) is 35.6 Å². The average molecular weight is 741 g/mol. The molecule has 13 heteroatoms. The van der Waals surface area contributed by atoms with Crippen LogP contribution in [-0.2, 0) is 22.7 Å². The molecule has 0 saturated carbocycles. The summed E-state index contributed by atoms with van der Waals surface area (Å²) in [7, 11) is 1.59. The number of rotatable bonds is 12. The molecule has 0 bridgehead atoms. The second-order valence-corrected chi connectivity index (χ2v) is 14.0. The quantitative estimate of drug-likeness (QED) is 0.133. The van der Waals surface area contributed by atoms with Crippen LogP contribution in [0.25, 0.3) is 39.2 Å². The van der Waals surface area contributed by atoms with E-state index in [0.29, 0.717) is 72.0 Å². The van der Waals surface area contributed by atoms with Crippen LogP contribution in [0.1, 0.15) is 42.5 Å². The first-order valence-corrected chi connectivity index (χ1v) is 18.1. The number of aryl methyl sites for hydroxylation is 1. The third-order valence-corrected chi connectivity index (χ3v) is 10.4. The van der Waals surface area contributed by atoms with E-state index in [4.69, 9.17) is 37.9 Å². The number of carbonyl (C=O) groups is 2. The van der Waals surface area contributed by atoms with Crippen molar-refractivity contribution in [3.8, 4) is 39.4 Å². The molecule has 2 fully saturated rings. The van der Waals surface area contributed by atoms with E-state index in [9.17, 15) is 14.4 Å². The van der Waals surface area contributed by atoms with E-state index < -0.39 is 0 Å². The number of aromatic nitrogens is 3. The summed E-state index contributed by atoms with van der Waals surface area (Å²) in [5.74, 6) is 0.648. The second kappa shape index (κ2) is 15.4. The lowest BCUT2D eigenvalue weighted by Crippen LogP contribution is -2.35. The van der Waals surface area contributed by atoms with Gasteiger partial charge in [-0.25, -0.2) is 9.97 Å². The van der Waals surface area contributed by atoms with Crippen molar-refractivity contribution in [2.24, 2.45) is 0 Å². The Morgan fingerprint density at radius 3 is 2.06 bits per heavy atom. The second-order valence-electron chi connectivity index (χ2n) is 13.3. The molecule has 4 N–H and O–H groups in total. The molecule has 5 heterocycles. The lowest BCUT2D eigenvalue weighted by Gasteiger charge is -2.16. The number of pyridine rings is 2. The lowest BCUT2D eigenvalue weighted by atomic mass is 9.97. The van der Waals surface area contributed by atoms with Gasteiger partial charge in [0.15, 0.2) is 0 Å². The van der Waals surface area contributed by atoms with E-state index in [2.05, 4.69) is 21.3 Å². The van der Waals surface area contributed by atoms with Gasteiger partial charge in [-0.15, -0.1) is 0 Å². The van der Waals surface area contributed by atoms with Crippen molar-refractivity contribution >= 4 is 40.7 Å². The predicted octanol–water partition coefficient (Wildman–Crippen LogP) is 5.45. The summed E-state index contributed by atoms with van der Waals surface area (Å²) in [6, 6.07) is 19.1. The Kier molecular flexibility index (Phi) is 10.6. The monoisotopic (exact) mass is 739 g/mol. The number of halogens is 2. The van der Waals surface area contributed by atoms with Gasteiger partial charge in [0.2, 0.25) is 17.7 Å². The molecule has 2 aliphatic heterocycles. The zero-order valence-electron chi connectivity index (χ0n) is 28.9. The zero-order chi connectivity index (χ0) is 36.4. The fourth-order valence-corrected chi connectivity index (χ4v) is 7.56. The van der Waals surface area contributed by atoms with Crippen molar-refractivity contribution in [2.75, 3.05) is 20.2 Å². The Hall–Kier alpha value is -4.81. The molecule has 2 atom stereocenters. The van der Waals surface area contributed by atoms with Gasteiger partial charge in [-0.05, 0) is 37.5 Å². The Bertz CT molecular complexity index is 2240. The van der Waals surface area contributed by atoms with Crippen molar-refractivity contribution in [3.05, 3.63) is 104 Å². The zero-order valence-corrected chi connectivity index (χ0v) is 30.4. The van der Waals surface area contributed by atoms with Crippen molar-refractivity contribution < 1.29 is 14.3 Å². The molecule has 0 radical (unpaired) electrons. The highest BCUT2D eigenvalue weighted by Crippen LogP contribution is 2.42. The lowest BCUT2D eigenvalue weighted by molar-refractivity contribution is -0.120. The highest BCUT2D eigenvalue weighted by atomic mass is 35.5. The highest BCUT2D eigenvalue weighted by molar-refractivity contribution is 6.39. The minimum absolute atomic E-state index is 0.0702. The number of nitrogens with zero attached hydrogens (tertiary/aromatic N) is 3. The summed E-state index contributed by atoms with van der Waals surface area (Å²) in [5, 5.41) is 13.6. The first-order valence-electron chi connectivity index (χ1n) is 17.3. The Labute approximate surface area is 311 Å². The topological polar surface area (TPSA) is 139 Å². The van der Waals surface area contributed by atoms with Crippen LogP contribution >= 0.6 is 23.2 Å². The van der Waals surface area contributed by atoms with Gasteiger partial charge >= 0.3 is 0 Å². The molecule has 7 rings (SSSR count). The largest absolute Gasteiger partial charge is 0.481 e. The predicted molar refractivity (Wildman–Crippen MR) is 203 cm³/mol. The van der Waals surface area contributed by atoms with Crippen LogP contribution in [0.3, 0.4) is 0 Å². The van der Waals surface area contributed by atoms with Gasteiger partial charge in [0.05, 0.1) is 28.5 Å². The molecule has 11 nitrogen and oxygen atoms in total. The van der Waals surface area contributed by atoms with Crippen molar-refractivity contribution in [1.29, 1.82) is 0 Å². The van der Waals surface area contributed by atoms with Crippen LogP contribution in [0.5, 0.6) is 5.88 Å². The highest BCUT2D eigenvalue weighted by Gasteiger charge is 2.22. The maximum Gasteiger partial charge on any atom is 0.258 e. The fraction of sp³-hybridized carbons (Fsp3) is 0.308. The molecule has 5 aromatic rings. The van der Waals surface area contributed by atoms with Crippen LogP contribution in [0.2, 0.25) is 10.0 Å². The normalized spacial score (nSPS) is 17.1. The summed E-state index contributed by atoms with van der Waals surface area (Å²) in [4.78, 5) is 45.9. The van der Waals surface area contributed by atoms with Gasteiger partial charge in [-0.3, -0.25) is 18.8 Å². The third kappa shape index (κ3) is 7.54. The Morgan fingerprint density at radius 1 is 0.808 bits per heavy atom. The van der Waals surface area contributed by atoms with E-state index >= 15 is 0 Å². The smallest absolute Gasteiger partial charge is 0.258 e. The van der Waals surface area contributed by atoms with Gasteiger partial charge in [0, 0.05) is 96.7 Å². The maximum absolute atomic E-state index is 13.3. The minimum atomic E-state index is -0.198. The van der Waals surface area contributed by atoms with Gasteiger partial charge in [-0.1, -0.05) is 65.7 Å². The van der Waals surface area contributed by atoms with Crippen LogP contribution in [0.15, 0.2) is 71.7 Å². The van der Waals surface area contributed by atoms with Crippen molar-refractivity contribution in [2.45, 2.75) is 57.8 Å². The molecule has 2 aromatic carbocycles. The Balaban J connectivity index is 1.13. The van der Waals surface area contributed by atoms with E-state index in [-0.39, 0.29) is 29.5 Å². The first kappa shape index (κ1) is 35.6. The Morgan fingerprint density at radius 2 is 1.42 bits per heavy atom. The molecule has 0 unspecified atom stereocenters. The average Bonchev–Trinajstić information content (AvgIpc) is 3.75. The van der Waals surface area contributed by atoms with Crippen LogP contribution in [0, 0.1) is 6.92 Å². The van der Waals surface area contributed by atoms with Gasteiger partial charge in [0.25, 0.3) is 5.56 Å². The summed E-state index contributed by atoms with van der Waals surface area (Å²) in [6.07, 6.45) is 4.50. The molecule has 0 spiro atoms. The van der Waals surface area contributed by atoms with E-state index in [1.54, 1.807) is 17.7 Å². The van der Waals surface area contributed by atoms with Crippen molar-refractivity contribution in [3.63, 3.8) is 0 Å². The van der Waals surface area contributed by atoms with E-state index in [1.807, 2.05) is 61.5 Å². The van der Waals surface area contributed by atoms with E-state index in [1.165, 1.54) is 6.07 Å². The first-order chi connectivity index (χ1) is 25.2. The standard InChI is InChI=1S/C39H39Cl2N7O4/c1-22-15-24(21-48-35(51)16-27(46-38(22)48)20-43-19-26-11-14-34(50)45-26)28-5-3-6-29(36(28)40)30-7-4-8-31(37(30)41)32-12-9-23(39(47-32)52-2)17-42-18-25-10-13-33(49)44-25/h3-9,12,15-16,21,25-26,42-43H,10-11,13-14,17-20H2,1-2H3,(H,44,49)(H,45,50)/t25-,26+/m1/s1. The van der Waals surface area contributed by atoms with Crippen LogP contribution < -0.4 is 31.6 Å². The number of hydrogen-bond acceptors (Lipinski definition) is 8. The number of amides is 2. The summed E-state index contributed by atoms with van der Waals surface area (Å²) in [5.41, 5.74) is 7.08. The summed E-state index contributed by atoms with van der Waals surface area (Å²) < 4.78 is 7.20. The molecule has 52 heavy (non-hydrogen) atoms. The van der Waals surface area contributed by atoms with E-state index in [0.717, 1.165) is 51.8 Å². The number of benzene rings is 2. The van der Waals surface area contributed by atoms with Crippen LogP contribution in [0.4, 0.5) is 0 Å². The maximum atomic E-state index is 13.3. The molecule has 0 aliphatic carbocycles. The fourth-order valence-electron chi connectivity index (χ4n) is 6.90. The van der Waals surface area contributed by atoms with Gasteiger partial charge < -0.3 is 26.0 Å². The SMILES string of the molecule is COc1nc(-c2cccc(-c3cccc(-c4cc(C)c5nc(CNC[C@@H]6CCC(=O)N6)cc(=O)n5c4)c3Cl)c2Cl)ccc1CNC[C@H]1CCC(=O)N1. The number of hydrogen-bond donors (Lipinski definition) is 4. The molecule has 2 amide bonds. The number of ether oxygens (including phenoxy) is 1. The third-order valence-electron chi connectivity index (χ3n) is 9.58. The number of fused-ring (bicyclic) bond motifs is 1. The number of nitrogens with one attached hydrogen (secondary N) is 4. The number of carbonyl (C=O) groups excluding carboxylic acids is 2. The van der Waals surface area contributed by atoms with Crippen LogP contribution in [-0.4, -0.2) is 58.5 Å². The minimum Gasteiger partial charge on any atom is -0.481 e. The molecular weight excluding hydrogens is 701 g/mol. The summed E-state index contributed by atoms with van der Waals surface area (Å²) in [6.45, 7) is 4.16. The molecular formula is C39H39Cl2N7O4.